The second-order valence-corrected chi connectivity index (χ2v) is 3.09. The molecule has 2 N–H and O–H groups in total. The lowest BCUT2D eigenvalue weighted by atomic mass is 10.4. The molecule has 0 aromatic carbocycles. The fourth-order valence-electron chi connectivity index (χ4n) is 1.08. The van der Waals surface area contributed by atoms with Crippen LogP contribution in [0.15, 0.2) is 16.8 Å². The number of carbonyl (C=O) groups is 2. The topological polar surface area (TPSA) is 95.7 Å². The Kier molecular flexibility index (Phi) is 4.57. The number of carbonyl (C=O) groups excluding carboxylic acids is 1. The summed E-state index contributed by atoms with van der Waals surface area (Å²) in [5.41, 5.74) is 0. The molecule has 0 fully saturated rings. The Morgan fingerprint density at radius 2 is 2.41 bits per heavy atom. The van der Waals surface area contributed by atoms with Crippen LogP contribution in [-0.4, -0.2) is 40.3 Å². The Morgan fingerprint density at radius 3 is 2.94 bits per heavy atom. The standard InChI is InChI=1S/C10H11N3O4/c1-2-5-13(7-9(14)15)10(16)11-6-8-3-4-12-17-8/h1,3-4H,5-7H2,(H,11,16)(H,14,15). The lowest BCUT2D eigenvalue weighted by Gasteiger charge is -2.17. The van der Waals surface area contributed by atoms with Gasteiger partial charge >= 0.3 is 12.0 Å². The molecule has 1 aromatic heterocycles. The molecule has 7 nitrogen and oxygen atoms in total. The molecule has 2 amide bonds. The van der Waals surface area contributed by atoms with Crippen LogP contribution >= 0.6 is 0 Å². The Balaban J connectivity index is 2.47. The fraction of sp³-hybridized carbons (Fsp3) is 0.300. The first-order valence-electron chi connectivity index (χ1n) is 4.71. The average Bonchev–Trinajstić information content (AvgIpc) is 2.77. The van der Waals surface area contributed by atoms with Gasteiger partial charge in [-0.15, -0.1) is 6.42 Å². The number of urea groups is 1. The Morgan fingerprint density at radius 1 is 1.65 bits per heavy atom. The summed E-state index contributed by atoms with van der Waals surface area (Å²) in [5.74, 6) is 1.55. The van der Waals surface area contributed by atoms with Crippen molar-refractivity contribution in [3.05, 3.63) is 18.0 Å². The molecule has 1 heterocycles. The first-order valence-corrected chi connectivity index (χ1v) is 4.71. The van der Waals surface area contributed by atoms with Gasteiger partial charge in [-0.05, 0) is 0 Å². The van der Waals surface area contributed by atoms with Crippen LogP contribution in [0.3, 0.4) is 0 Å². The van der Waals surface area contributed by atoms with Crippen LogP contribution in [0, 0.1) is 12.3 Å². The van der Waals surface area contributed by atoms with Crippen molar-refractivity contribution in [2.45, 2.75) is 6.54 Å². The van der Waals surface area contributed by atoms with Crippen molar-refractivity contribution in [3.8, 4) is 12.3 Å². The predicted molar refractivity (Wildman–Crippen MR) is 56.8 cm³/mol. The number of rotatable bonds is 5. The van der Waals surface area contributed by atoms with Crippen LogP contribution in [0.2, 0.25) is 0 Å². The van der Waals surface area contributed by atoms with Crippen molar-refractivity contribution in [1.29, 1.82) is 0 Å². The van der Waals surface area contributed by atoms with Crippen LogP contribution in [0.5, 0.6) is 0 Å². The van der Waals surface area contributed by atoms with Crippen LogP contribution in [0.4, 0.5) is 4.79 Å². The Labute approximate surface area is 97.4 Å². The van der Waals surface area contributed by atoms with Gasteiger partial charge in [0.15, 0.2) is 5.76 Å². The monoisotopic (exact) mass is 237 g/mol. The van der Waals surface area contributed by atoms with Crippen molar-refractivity contribution in [1.82, 2.24) is 15.4 Å². The highest BCUT2D eigenvalue weighted by atomic mass is 16.5. The first-order chi connectivity index (χ1) is 8.13. The quantitative estimate of drug-likeness (QED) is 0.697. The molecule has 0 aliphatic carbocycles. The van der Waals surface area contributed by atoms with E-state index in [0.29, 0.717) is 5.76 Å². The molecule has 1 rings (SSSR count). The van der Waals surface area contributed by atoms with Gasteiger partial charge in [-0.3, -0.25) is 4.79 Å². The van der Waals surface area contributed by atoms with Crippen molar-refractivity contribution in [2.24, 2.45) is 0 Å². The third-order valence-corrected chi connectivity index (χ3v) is 1.80. The normalized spacial score (nSPS) is 9.35. The molecule has 0 saturated carbocycles. The summed E-state index contributed by atoms with van der Waals surface area (Å²) < 4.78 is 4.76. The maximum atomic E-state index is 11.6. The van der Waals surface area contributed by atoms with E-state index in [2.05, 4.69) is 16.4 Å². The van der Waals surface area contributed by atoms with Crippen molar-refractivity contribution < 1.29 is 19.2 Å². The molecular weight excluding hydrogens is 226 g/mol. The van der Waals surface area contributed by atoms with Gasteiger partial charge in [0.25, 0.3) is 0 Å². The van der Waals surface area contributed by atoms with Crippen molar-refractivity contribution in [2.75, 3.05) is 13.1 Å². The lowest BCUT2D eigenvalue weighted by molar-refractivity contribution is -0.137. The SMILES string of the molecule is C#CCN(CC(=O)O)C(=O)NCc1ccno1. The highest BCUT2D eigenvalue weighted by Gasteiger charge is 2.15. The number of aromatic nitrogens is 1. The van der Waals surface area contributed by atoms with E-state index >= 15 is 0 Å². The summed E-state index contributed by atoms with van der Waals surface area (Å²) in [7, 11) is 0. The van der Waals surface area contributed by atoms with E-state index in [9.17, 15) is 9.59 Å². The van der Waals surface area contributed by atoms with Gasteiger partial charge in [0.2, 0.25) is 0 Å². The zero-order chi connectivity index (χ0) is 12.7. The minimum Gasteiger partial charge on any atom is -0.480 e. The number of amides is 2. The summed E-state index contributed by atoms with van der Waals surface area (Å²) in [6.07, 6.45) is 6.48. The Hall–Kier alpha value is -2.49. The van der Waals surface area contributed by atoms with Gasteiger partial charge in [0.05, 0.1) is 19.3 Å². The minimum absolute atomic E-state index is 0.0749. The van der Waals surface area contributed by atoms with Gasteiger partial charge in [-0.2, -0.15) is 0 Å². The van der Waals surface area contributed by atoms with Gasteiger partial charge < -0.3 is 19.8 Å². The molecule has 0 atom stereocenters. The predicted octanol–water partition coefficient (Wildman–Crippen LogP) is -0.0960. The minimum atomic E-state index is -1.13. The molecule has 0 aliphatic rings. The first kappa shape index (κ1) is 12.6. The zero-order valence-electron chi connectivity index (χ0n) is 8.92. The van der Waals surface area contributed by atoms with E-state index in [0.717, 1.165) is 4.90 Å². The maximum Gasteiger partial charge on any atom is 0.323 e. The number of carboxylic acids is 1. The van der Waals surface area contributed by atoms with E-state index < -0.39 is 18.5 Å². The molecule has 0 unspecified atom stereocenters. The smallest absolute Gasteiger partial charge is 0.323 e. The van der Waals surface area contributed by atoms with Crippen LogP contribution in [0.25, 0.3) is 0 Å². The van der Waals surface area contributed by atoms with Crippen LogP contribution in [-0.2, 0) is 11.3 Å². The summed E-state index contributed by atoms with van der Waals surface area (Å²) in [6.45, 7) is -0.402. The molecule has 0 radical (unpaired) electrons. The molecule has 0 aliphatic heterocycles. The van der Waals surface area contributed by atoms with Gasteiger partial charge in [0, 0.05) is 6.07 Å². The molecule has 1 aromatic rings. The van der Waals surface area contributed by atoms with E-state index in [1.807, 2.05) is 0 Å². The lowest BCUT2D eigenvalue weighted by Crippen LogP contribution is -2.42. The molecule has 0 saturated heterocycles. The summed E-state index contributed by atoms with van der Waals surface area (Å²) >= 11 is 0. The number of carboxylic acid groups (broad SMARTS) is 1. The third kappa shape index (κ3) is 4.25. The largest absolute Gasteiger partial charge is 0.480 e. The summed E-state index contributed by atoms with van der Waals surface area (Å²) in [4.78, 5) is 23.1. The van der Waals surface area contributed by atoms with E-state index in [-0.39, 0.29) is 13.1 Å². The number of hydrogen-bond donors (Lipinski definition) is 2. The van der Waals surface area contributed by atoms with Gasteiger partial charge in [0.1, 0.15) is 6.54 Å². The molecule has 0 bridgehead atoms. The van der Waals surface area contributed by atoms with E-state index in [1.54, 1.807) is 6.07 Å². The van der Waals surface area contributed by atoms with E-state index in [1.165, 1.54) is 6.20 Å². The molecule has 7 heteroatoms. The number of terminal acetylenes is 1. The maximum absolute atomic E-state index is 11.6. The Bertz CT molecular complexity index is 421. The van der Waals surface area contributed by atoms with Crippen LogP contribution in [0.1, 0.15) is 5.76 Å². The van der Waals surface area contributed by atoms with Gasteiger partial charge in [-0.25, -0.2) is 4.79 Å². The van der Waals surface area contributed by atoms with Crippen molar-refractivity contribution in [3.63, 3.8) is 0 Å². The molecular formula is C10H11N3O4. The number of aliphatic carboxylic acids is 1. The molecule has 0 spiro atoms. The second-order valence-electron chi connectivity index (χ2n) is 3.09. The highest BCUT2D eigenvalue weighted by molar-refractivity contribution is 5.80. The molecule has 90 valence electrons. The number of hydrogen-bond acceptors (Lipinski definition) is 4. The fourth-order valence-corrected chi connectivity index (χ4v) is 1.08. The number of nitrogens with zero attached hydrogens (tertiary/aromatic N) is 2. The third-order valence-electron chi connectivity index (χ3n) is 1.80. The second kappa shape index (κ2) is 6.17. The van der Waals surface area contributed by atoms with E-state index in [4.69, 9.17) is 16.1 Å². The average molecular weight is 237 g/mol. The van der Waals surface area contributed by atoms with Gasteiger partial charge in [-0.1, -0.05) is 11.1 Å². The zero-order valence-corrected chi connectivity index (χ0v) is 8.92. The summed E-state index contributed by atoms with van der Waals surface area (Å²) in [5, 5.41) is 14.5. The highest BCUT2D eigenvalue weighted by Crippen LogP contribution is 1.96. The summed E-state index contributed by atoms with van der Waals surface area (Å²) in [6, 6.07) is 1.02. The van der Waals surface area contributed by atoms with Crippen LogP contribution < -0.4 is 5.32 Å². The number of nitrogens with one attached hydrogen (secondary N) is 1. The van der Waals surface area contributed by atoms with Crippen molar-refractivity contribution >= 4 is 12.0 Å². The molecule has 17 heavy (non-hydrogen) atoms.